The SMILES string of the molecule is COc1cc2c(Sc3nnc(-c4cccnc4)n3C3CC3)ncnc2cc1F. The first-order chi connectivity index (χ1) is 13.7. The maximum absolute atomic E-state index is 14.0. The van der Waals surface area contributed by atoms with Gasteiger partial charge in [-0.3, -0.25) is 9.55 Å². The number of halogens is 1. The molecule has 3 aromatic heterocycles. The van der Waals surface area contributed by atoms with Crippen molar-refractivity contribution in [2.24, 2.45) is 0 Å². The van der Waals surface area contributed by atoms with Crippen LogP contribution in [0.25, 0.3) is 22.3 Å². The summed E-state index contributed by atoms with van der Waals surface area (Å²) < 4.78 is 21.3. The third-order valence-corrected chi connectivity index (χ3v) is 5.54. The van der Waals surface area contributed by atoms with Crippen molar-refractivity contribution >= 4 is 22.7 Å². The quantitative estimate of drug-likeness (QED) is 0.475. The number of ether oxygens (including phenoxy) is 1. The fourth-order valence-electron chi connectivity index (χ4n) is 3.06. The van der Waals surface area contributed by atoms with Crippen molar-refractivity contribution in [1.82, 2.24) is 29.7 Å². The number of pyridine rings is 1. The van der Waals surface area contributed by atoms with E-state index in [1.165, 1.54) is 31.3 Å². The average molecular weight is 394 g/mol. The third-order valence-electron chi connectivity index (χ3n) is 4.56. The predicted octanol–water partition coefficient (Wildman–Crippen LogP) is 3.92. The highest BCUT2D eigenvalue weighted by molar-refractivity contribution is 7.99. The molecule has 1 saturated carbocycles. The Morgan fingerprint density at radius 2 is 2.11 bits per heavy atom. The fraction of sp³-hybridized carbons (Fsp3) is 0.211. The highest BCUT2D eigenvalue weighted by Crippen LogP contribution is 2.43. The van der Waals surface area contributed by atoms with Crippen molar-refractivity contribution in [3.05, 3.63) is 48.8 Å². The van der Waals surface area contributed by atoms with Crippen LogP contribution in [0.4, 0.5) is 4.39 Å². The molecule has 9 heteroatoms. The molecule has 0 unspecified atom stereocenters. The van der Waals surface area contributed by atoms with Gasteiger partial charge < -0.3 is 4.74 Å². The molecule has 0 bridgehead atoms. The normalized spacial score (nSPS) is 13.8. The van der Waals surface area contributed by atoms with Crippen molar-refractivity contribution < 1.29 is 9.13 Å². The van der Waals surface area contributed by atoms with E-state index in [0.717, 1.165) is 29.4 Å². The van der Waals surface area contributed by atoms with Crippen LogP contribution in [0.3, 0.4) is 0 Å². The van der Waals surface area contributed by atoms with Gasteiger partial charge in [-0.05, 0) is 42.8 Å². The molecule has 1 aliphatic rings. The first-order valence-corrected chi connectivity index (χ1v) is 9.57. The highest BCUT2D eigenvalue weighted by atomic mass is 32.2. The second kappa shape index (κ2) is 6.83. The molecule has 0 aliphatic heterocycles. The number of aromatic nitrogens is 6. The van der Waals surface area contributed by atoms with Crippen LogP contribution in [0.2, 0.25) is 0 Å². The van der Waals surface area contributed by atoms with Crippen molar-refractivity contribution in [2.45, 2.75) is 29.1 Å². The van der Waals surface area contributed by atoms with Gasteiger partial charge in [-0.1, -0.05) is 0 Å². The summed E-state index contributed by atoms with van der Waals surface area (Å²) in [6.07, 6.45) is 7.11. The molecule has 4 aromatic rings. The topological polar surface area (TPSA) is 78.6 Å². The number of fused-ring (bicyclic) bond motifs is 1. The molecule has 0 N–H and O–H groups in total. The Balaban J connectivity index is 1.60. The van der Waals surface area contributed by atoms with E-state index in [9.17, 15) is 4.39 Å². The fourth-order valence-corrected chi connectivity index (χ4v) is 4.02. The molecular weight excluding hydrogens is 379 g/mol. The number of rotatable bonds is 5. The summed E-state index contributed by atoms with van der Waals surface area (Å²) in [4.78, 5) is 12.7. The van der Waals surface area contributed by atoms with Gasteiger partial charge in [0.1, 0.15) is 11.4 Å². The standard InChI is InChI=1S/C19H15FN6OS/c1-27-16-7-13-15(8-14(16)20)22-10-23-18(13)28-19-25-24-17(26(19)12-4-5-12)11-3-2-6-21-9-11/h2-3,6-10,12H,4-5H2,1H3. The van der Waals surface area contributed by atoms with Crippen LogP contribution >= 0.6 is 11.8 Å². The molecular formula is C19H15FN6OS. The number of nitrogens with zero attached hydrogens (tertiary/aromatic N) is 6. The zero-order chi connectivity index (χ0) is 19.1. The molecule has 28 heavy (non-hydrogen) atoms. The Kier molecular flexibility index (Phi) is 4.16. The van der Waals surface area contributed by atoms with Crippen molar-refractivity contribution in [1.29, 1.82) is 0 Å². The van der Waals surface area contributed by atoms with Crippen molar-refractivity contribution in [3.63, 3.8) is 0 Å². The van der Waals surface area contributed by atoms with Crippen LogP contribution in [0, 0.1) is 5.82 Å². The molecule has 140 valence electrons. The molecule has 1 aliphatic carbocycles. The predicted molar refractivity (Wildman–Crippen MR) is 102 cm³/mol. The molecule has 5 rings (SSSR count). The van der Waals surface area contributed by atoms with E-state index >= 15 is 0 Å². The Bertz CT molecular complexity index is 1160. The monoisotopic (exact) mass is 394 g/mol. The van der Waals surface area contributed by atoms with E-state index < -0.39 is 5.82 Å². The second-order valence-electron chi connectivity index (χ2n) is 6.43. The van der Waals surface area contributed by atoms with Gasteiger partial charge in [0.05, 0.1) is 12.6 Å². The van der Waals surface area contributed by atoms with Gasteiger partial charge in [-0.25, -0.2) is 14.4 Å². The Morgan fingerprint density at radius 1 is 1.21 bits per heavy atom. The summed E-state index contributed by atoms with van der Waals surface area (Å²) in [6, 6.07) is 7.19. The lowest BCUT2D eigenvalue weighted by Crippen LogP contribution is -2.00. The third kappa shape index (κ3) is 2.97. The zero-order valence-corrected chi connectivity index (χ0v) is 15.7. The minimum atomic E-state index is -0.454. The van der Waals surface area contributed by atoms with Gasteiger partial charge >= 0.3 is 0 Å². The van der Waals surface area contributed by atoms with E-state index in [-0.39, 0.29) is 5.75 Å². The Morgan fingerprint density at radius 3 is 2.86 bits per heavy atom. The average Bonchev–Trinajstić information content (AvgIpc) is 3.48. The summed E-state index contributed by atoms with van der Waals surface area (Å²) in [6.45, 7) is 0. The molecule has 0 amide bonds. The minimum absolute atomic E-state index is 0.156. The van der Waals surface area contributed by atoms with Crippen LogP contribution in [-0.4, -0.2) is 36.8 Å². The Hall–Kier alpha value is -3.07. The van der Waals surface area contributed by atoms with Crippen LogP contribution in [0.1, 0.15) is 18.9 Å². The van der Waals surface area contributed by atoms with Gasteiger partial charge in [0, 0.05) is 35.5 Å². The van der Waals surface area contributed by atoms with Gasteiger partial charge in [-0.2, -0.15) is 0 Å². The molecule has 0 saturated heterocycles. The molecule has 1 aromatic carbocycles. The van der Waals surface area contributed by atoms with Gasteiger partial charge in [0.2, 0.25) is 0 Å². The summed E-state index contributed by atoms with van der Waals surface area (Å²) in [7, 11) is 1.44. The van der Waals surface area contributed by atoms with E-state index in [4.69, 9.17) is 4.74 Å². The lowest BCUT2D eigenvalue weighted by molar-refractivity contribution is 0.387. The largest absolute Gasteiger partial charge is 0.494 e. The summed E-state index contributed by atoms with van der Waals surface area (Å²) >= 11 is 1.39. The van der Waals surface area contributed by atoms with Crippen LogP contribution < -0.4 is 4.74 Å². The van der Waals surface area contributed by atoms with Gasteiger partial charge in [0.25, 0.3) is 0 Å². The lowest BCUT2D eigenvalue weighted by atomic mass is 10.2. The lowest BCUT2D eigenvalue weighted by Gasteiger charge is -2.10. The van der Waals surface area contributed by atoms with E-state index in [1.54, 1.807) is 18.5 Å². The molecule has 7 nitrogen and oxygen atoms in total. The second-order valence-corrected chi connectivity index (χ2v) is 7.39. The van der Waals surface area contributed by atoms with Crippen LogP contribution in [-0.2, 0) is 0 Å². The molecule has 0 spiro atoms. The molecule has 0 radical (unpaired) electrons. The first kappa shape index (κ1) is 17.1. The van der Waals surface area contributed by atoms with E-state index in [1.807, 2.05) is 12.1 Å². The van der Waals surface area contributed by atoms with Gasteiger partial charge in [0.15, 0.2) is 22.5 Å². The van der Waals surface area contributed by atoms with Crippen LogP contribution in [0.5, 0.6) is 5.75 Å². The summed E-state index contributed by atoms with van der Waals surface area (Å²) in [5, 5.41) is 10.9. The van der Waals surface area contributed by atoms with Crippen molar-refractivity contribution in [3.8, 4) is 17.1 Å². The highest BCUT2D eigenvalue weighted by Gasteiger charge is 2.30. The minimum Gasteiger partial charge on any atom is -0.494 e. The van der Waals surface area contributed by atoms with Crippen LogP contribution in [0.15, 0.2) is 53.2 Å². The first-order valence-electron chi connectivity index (χ1n) is 8.76. The molecule has 3 heterocycles. The summed E-state index contributed by atoms with van der Waals surface area (Å²) in [5.41, 5.74) is 1.44. The number of hydrogen-bond acceptors (Lipinski definition) is 7. The van der Waals surface area contributed by atoms with Crippen molar-refractivity contribution in [2.75, 3.05) is 7.11 Å². The molecule has 0 atom stereocenters. The van der Waals surface area contributed by atoms with Gasteiger partial charge in [-0.15, -0.1) is 10.2 Å². The van der Waals surface area contributed by atoms with E-state index in [2.05, 4.69) is 29.7 Å². The van der Waals surface area contributed by atoms with E-state index in [0.29, 0.717) is 22.0 Å². The maximum Gasteiger partial charge on any atom is 0.198 e. The smallest absolute Gasteiger partial charge is 0.198 e. The Labute approximate surface area is 164 Å². The maximum atomic E-state index is 14.0. The summed E-state index contributed by atoms with van der Waals surface area (Å²) in [5.74, 6) is 0.494. The number of benzene rings is 1. The number of methoxy groups -OCH3 is 1. The molecule has 1 fully saturated rings. The number of hydrogen-bond donors (Lipinski definition) is 0. The zero-order valence-electron chi connectivity index (χ0n) is 14.9.